The molecule has 2 aliphatic carbocycles. The second-order valence-corrected chi connectivity index (χ2v) is 8.42. The normalized spacial score (nSPS) is 25.2. The Kier molecular flexibility index (Phi) is 4.44. The van der Waals surface area contributed by atoms with E-state index in [0.29, 0.717) is 18.4 Å². The van der Waals surface area contributed by atoms with Crippen molar-refractivity contribution in [3.63, 3.8) is 0 Å². The average Bonchev–Trinajstić information content (AvgIpc) is 3.39. The van der Waals surface area contributed by atoms with Gasteiger partial charge in [0.1, 0.15) is 5.82 Å². The number of rotatable bonds is 5. The number of hydrogen-bond donors (Lipinski definition) is 3. The fourth-order valence-electron chi connectivity index (χ4n) is 5.38. The Hall–Kier alpha value is -2.25. The van der Waals surface area contributed by atoms with Gasteiger partial charge in [-0.3, -0.25) is 9.47 Å². The van der Waals surface area contributed by atoms with Gasteiger partial charge in [0, 0.05) is 50.0 Å². The van der Waals surface area contributed by atoms with Gasteiger partial charge in [-0.25, -0.2) is 4.98 Å². The maximum absolute atomic E-state index is 10.6. The monoisotopic (exact) mass is 384 g/mol. The SMILES string of the molecule is Oc1c2c(c(O)n1CC(O)CN1CCN(c3ccccn3)CC1)C1CCC2C1. The van der Waals surface area contributed by atoms with E-state index in [9.17, 15) is 15.3 Å². The molecule has 7 heteroatoms. The molecule has 3 N–H and O–H groups in total. The molecule has 2 aromatic rings. The van der Waals surface area contributed by atoms with Gasteiger partial charge in [-0.2, -0.15) is 0 Å². The second-order valence-electron chi connectivity index (χ2n) is 8.42. The van der Waals surface area contributed by atoms with E-state index in [1.54, 1.807) is 0 Å². The minimum atomic E-state index is -0.636. The molecule has 7 nitrogen and oxygen atoms in total. The Bertz CT molecular complexity index is 812. The lowest BCUT2D eigenvalue weighted by Crippen LogP contribution is -2.49. The Morgan fingerprint density at radius 3 is 2.25 bits per heavy atom. The lowest BCUT2D eigenvalue weighted by atomic mass is 9.95. The maximum atomic E-state index is 10.6. The van der Waals surface area contributed by atoms with E-state index in [2.05, 4.69) is 14.8 Å². The predicted octanol–water partition coefficient (Wildman–Crippen LogP) is 1.84. The lowest BCUT2D eigenvalue weighted by molar-refractivity contribution is 0.0906. The lowest BCUT2D eigenvalue weighted by Gasteiger charge is -2.36. The minimum absolute atomic E-state index is 0.165. The first kappa shape index (κ1) is 17.8. The Labute approximate surface area is 164 Å². The summed E-state index contributed by atoms with van der Waals surface area (Å²) >= 11 is 0. The molecule has 1 aliphatic heterocycles. The molecule has 3 unspecified atom stereocenters. The zero-order valence-electron chi connectivity index (χ0n) is 16.0. The number of anilines is 1. The summed E-state index contributed by atoms with van der Waals surface area (Å²) < 4.78 is 1.52. The highest BCUT2D eigenvalue weighted by atomic mass is 16.3. The van der Waals surface area contributed by atoms with E-state index in [1.807, 2.05) is 24.4 Å². The number of pyridine rings is 1. The molecule has 2 fully saturated rings. The third kappa shape index (κ3) is 2.93. The Balaban J connectivity index is 1.20. The number of β-amino-alcohol motifs (C(OH)–C–C–N with tert-alkyl or cyclic N) is 1. The maximum Gasteiger partial charge on any atom is 0.197 e. The van der Waals surface area contributed by atoms with E-state index in [-0.39, 0.29) is 18.3 Å². The van der Waals surface area contributed by atoms with Crippen LogP contribution in [-0.4, -0.2) is 68.6 Å². The van der Waals surface area contributed by atoms with E-state index >= 15 is 0 Å². The smallest absolute Gasteiger partial charge is 0.197 e. The number of aliphatic hydroxyl groups excluding tert-OH is 1. The molecule has 3 aliphatic rings. The highest BCUT2D eigenvalue weighted by Crippen LogP contribution is 2.59. The molecular formula is C21H28N4O3. The van der Waals surface area contributed by atoms with Crippen LogP contribution in [0.1, 0.15) is 42.2 Å². The topological polar surface area (TPSA) is 85.0 Å². The van der Waals surface area contributed by atoms with Crippen molar-refractivity contribution in [3.8, 4) is 11.8 Å². The predicted molar refractivity (Wildman–Crippen MR) is 106 cm³/mol. The zero-order valence-corrected chi connectivity index (χ0v) is 16.0. The highest BCUT2D eigenvalue weighted by molar-refractivity contribution is 5.54. The van der Waals surface area contributed by atoms with Crippen LogP contribution in [0.4, 0.5) is 5.82 Å². The summed E-state index contributed by atoms with van der Waals surface area (Å²) in [5.41, 5.74) is 1.87. The summed E-state index contributed by atoms with van der Waals surface area (Å²) in [6, 6.07) is 5.94. The molecule has 1 saturated carbocycles. The summed E-state index contributed by atoms with van der Waals surface area (Å²) in [4.78, 5) is 8.90. The van der Waals surface area contributed by atoms with E-state index < -0.39 is 6.10 Å². The fourth-order valence-corrected chi connectivity index (χ4v) is 5.38. The minimum Gasteiger partial charge on any atom is -0.494 e. The number of aromatic hydroxyl groups is 2. The molecule has 0 spiro atoms. The first-order valence-electron chi connectivity index (χ1n) is 10.3. The van der Waals surface area contributed by atoms with Gasteiger partial charge < -0.3 is 20.2 Å². The molecule has 2 bridgehead atoms. The van der Waals surface area contributed by atoms with Crippen LogP contribution in [-0.2, 0) is 6.54 Å². The molecular weight excluding hydrogens is 356 g/mol. The van der Waals surface area contributed by atoms with Crippen LogP contribution in [0, 0.1) is 0 Å². The van der Waals surface area contributed by atoms with Crippen molar-refractivity contribution in [1.82, 2.24) is 14.5 Å². The summed E-state index contributed by atoms with van der Waals surface area (Å²) in [5.74, 6) is 2.08. The molecule has 28 heavy (non-hydrogen) atoms. The molecule has 0 aromatic carbocycles. The molecule has 1 saturated heterocycles. The van der Waals surface area contributed by atoms with Crippen LogP contribution in [0.3, 0.4) is 0 Å². The number of nitrogens with zero attached hydrogens (tertiary/aromatic N) is 4. The van der Waals surface area contributed by atoms with Crippen molar-refractivity contribution in [1.29, 1.82) is 0 Å². The van der Waals surface area contributed by atoms with Gasteiger partial charge in [0.2, 0.25) is 0 Å². The summed E-state index contributed by atoms with van der Waals surface area (Å²) in [6.45, 7) is 4.23. The fraction of sp³-hybridized carbons (Fsp3) is 0.571. The molecule has 3 atom stereocenters. The number of aliphatic hydroxyl groups is 1. The molecule has 3 heterocycles. The van der Waals surface area contributed by atoms with Crippen LogP contribution < -0.4 is 4.90 Å². The van der Waals surface area contributed by atoms with Crippen molar-refractivity contribution in [2.45, 2.75) is 43.7 Å². The molecule has 0 amide bonds. The van der Waals surface area contributed by atoms with Crippen LogP contribution in [0.2, 0.25) is 0 Å². The van der Waals surface area contributed by atoms with Gasteiger partial charge in [0.15, 0.2) is 11.8 Å². The number of fused-ring (bicyclic) bond motifs is 5. The first-order valence-corrected chi connectivity index (χ1v) is 10.3. The van der Waals surface area contributed by atoms with Gasteiger partial charge in [0.05, 0.1) is 12.6 Å². The molecule has 0 radical (unpaired) electrons. The average molecular weight is 384 g/mol. The Morgan fingerprint density at radius 2 is 1.64 bits per heavy atom. The van der Waals surface area contributed by atoms with Gasteiger partial charge in [-0.15, -0.1) is 0 Å². The van der Waals surface area contributed by atoms with Crippen LogP contribution in [0.15, 0.2) is 24.4 Å². The van der Waals surface area contributed by atoms with Crippen molar-refractivity contribution in [2.75, 3.05) is 37.6 Å². The summed E-state index contributed by atoms with van der Waals surface area (Å²) in [5, 5.41) is 31.9. The quantitative estimate of drug-likeness (QED) is 0.730. The summed E-state index contributed by atoms with van der Waals surface area (Å²) in [7, 11) is 0. The Morgan fingerprint density at radius 1 is 0.964 bits per heavy atom. The van der Waals surface area contributed by atoms with Crippen LogP contribution in [0.5, 0.6) is 11.8 Å². The number of hydrogen-bond acceptors (Lipinski definition) is 6. The van der Waals surface area contributed by atoms with E-state index in [0.717, 1.165) is 62.4 Å². The molecule has 150 valence electrons. The molecule has 5 rings (SSSR count). The van der Waals surface area contributed by atoms with Crippen LogP contribution in [0.25, 0.3) is 0 Å². The van der Waals surface area contributed by atoms with Crippen LogP contribution >= 0.6 is 0 Å². The number of piperazine rings is 1. The number of aromatic nitrogens is 2. The zero-order chi connectivity index (χ0) is 19.3. The van der Waals surface area contributed by atoms with Crippen molar-refractivity contribution < 1.29 is 15.3 Å². The van der Waals surface area contributed by atoms with Crippen molar-refractivity contribution in [2.24, 2.45) is 0 Å². The van der Waals surface area contributed by atoms with Crippen molar-refractivity contribution in [3.05, 3.63) is 35.5 Å². The van der Waals surface area contributed by atoms with E-state index in [1.165, 1.54) is 4.57 Å². The van der Waals surface area contributed by atoms with Gasteiger partial charge in [-0.1, -0.05) is 6.07 Å². The highest BCUT2D eigenvalue weighted by Gasteiger charge is 2.44. The second kappa shape index (κ2) is 6.97. The van der Waals surface area contributed by atoms with Gasteiger partial charge in [-0.05, 0) is 43.2 Å². The van der Waals surface area contributed by atoms with E-state index in [4.69, 9.17) is 0 Å². The largest absolute Gasteiger partial charge is 0.494 e. The third-order valence-electron chi connectivity index (χ3n) is 6.74. The van der Waals surface area contributed by atoms with Gasteiger partial charge >= 0.3 is 0 Å². The van der Waals surface area contributed by atoms with Crippen molar-refractivity contribution >= 4 is 5.82 Å². The third-order valence-corrected chi connectivity index (χ3v) is 6.74. The molecule has 2 aromatic heterocycles. The standard InChI is InChI=1S/C21H28N4O3/c26-16(12-23-7-9-24(10-8-23)17-3-1-2-6-22-17)13-25-20(27)18-14-4-5-15(11-14)19(18)21(25)28/h1-3,6,14-16,26-28H,4-5,7-13H2. The summed E-state index contributed by atoms with van der Waals surface area (Å²) in [6.07, 6.45) is 4.42. The van der Waals surface area contributed by atoms with Gasteiger partial charge in [0.25, 0.3) is 0 Å². The first-order chi connectivity index (χ1) is 13.6.